The summed E-state index contributed by atoms with van der Waals surface area (Å²) in [6.07, 6.45) is 32.3. The van der Waals surface area contributed by atoms with Crippen molar-refractivity contribution in [3.63, 3.8) is 0 Å². The second-order valence-electron chi connectivity index (χ2n) is 13.2. The lowest BCUT2D eigenvalue weighted by Crippen LogP contribution is -2.28. The van der Waals surface area contributed by atoms with Gasteiger partial charge in [0, 0.05) is 12.8 Å². The second-order valence-corrected chi connectivity index (χ2v) is 13.2. The Balaban J connectivity index is 3.84. The average molecular weight is 665 g/mol. The lowest BCUT2D eigenvalue weighted by Gasteiger charge is -2.17. The molecule has 0 amide bonds. The fourth-order valence-electron chi connectivity index (χ4n) is 5.22. The summed E-state index contributed by atoms with van der Waals surface area (Å²) in [7, 11) is 0. The van der Waals surface area contributed by atoms with E-state index in [4.69, 9.17) is 9.47 Å². The molecule has 274 valence electrons. The predicted octanol–water partition coefficient (Wildman–Crippen LogP) is 9.47. The number of hydrogen-bond donors (Lipinski definition) is 3. The minimum atomic E-state index is -0.929. The highest BCUT2D eigenvalue weighted by Gasteiger charge is 2.18. The minimum absolute atomic E-state index is 0.0712. The zero-order valence-corrected chi connectivity index (χ0v) is 30.4. The van der Waals surface area contributed by atoms with Crippen molar-refractivity contribution >= 4 is 11.9 Å². The molecular formula is C40H72O7. The third-order valence-electron chi connectivity index (χ3n) is 8.68. The molecule has 0 heterocycles. The summed E-state index contributed by atoms with van der Waals surface area (Å²) < 4.78 is 10.5. The van der Waals surface area contributed by atoms with Gasteiger partial charge in [-0.2, -0.15) is 0 Å². The molecule has 0 aromatic heterocycles. The molecule has 0 aliphatic heterocycles. The van der Waals surface area contributed by atoms with Gasteiger partial charge in [-0.05, 0) is 57.3 Å². The van der Waals surface area contributed by atoms with Gasteiger partial charge in [-0.25, -0.2) is 0 Å². The molecule has 3 unspecified atom stereocenters. The van der Waals surface area contributed by atoms with Crippen LogP contribution in [-0.4, -0.2) is 58.8 Å². The van der Waals surface area contributed by atoms with Crippen molar-refractivity contribution in [1.29, 1.82) is 0 Å². The van der Waals surface area contributed by atoms with Crippen molar-refractivity contribution in [1.82, 2.24) is 0 Å². The van der Waals surface area contributed by atoms with Crippen LogP contribution < -0.4 is 0 Å². The van der Waals surface area contributed by atoms with Gasteiger partial charge in [-0.15, -0.1) is 0 Å². The Hall–Kier alpha value is -1.96. The molecule has 0 aromatic rings. The molecule has 0 fully saturated rings. The number of allylic oxidation sites excluding steroid dienone is 5. The van der Waals surface area contributed by atoms with Crippen LogP contribution in [0, 0.1) is 5.92 Å². The van der Waals surface area contributed by atoms with Crippen LogP contribution in [-0.2, 0) is 19.1 Å². The molecule has 0 spiro atoms. The molecule has 7 nitrogen and oxygen atoms in total. The smallest absolute Gasteiger partial charge is 0.306 e. The maximum Gasteiger partial charge on any atom is 0.306 e. The van der Waals surface area contributed by atoms with E-state index in [1.807, 2.05) is 12.2 Å². The molecule has 4 atom stereocenters. The number of unbranched alkanes of at least 4 members (excludes halogenated alkanes) is 12. The largest absolute Gasteiger partial charge is 0.462 e. The topological polar surface area (TPSA) is 113 Å². The fourth-order valence-corrected chi connectivity index (χ4v) is 5.22. The van der Waals surface area contributed by atoms with Crippen LogP contribution >= 0.6 is 0 Å². The normalized spacial score (nSPS) is 14.6. The molecule has 7 heteroatoms. The Kier molecular flexibility index (Phi) is 32.5. The van der Waals surface area contributed by atoms with Crippen LogP contribution in [0.25, 0.3) is 0 Å². The number of hydrogen-bond acceptors (Lipinski definition) is 7. The summed E-state index contributed by atoms with van der Waals surface area (Å²) in [5, 5.41) is 29.9. The van der Waals surface area contributed by atoms with Gasteiger partial charge in [0.2, 0.25) is 0 Å². The number of carbonyl (C=O) groups excluding carboxylic acids is 2. The van der Waals surface area contributed by atoms with Gasteiger partial charge in [0.25, 0.3) is 0 Å². The zero-order chi connectivity index (χ0) is 34.8. The van der Waals surface area contributed by atoms with E-state index in [1.54, 1.807) is 0 Å². The van der Waals surface area contributed by atoms with Gasteiger partial charge in [0.05, 0.1) is 18.8 Å². The van der Waals surface area contributed by atoms with E-state index in [0.29, 0.717) is 19.3 Å². The molecule has 0 rings (SSSR count). The molecule has 0 bridgehead atoms. The van der Waals surface area contributed by atoms with E-state index in [2.05, 4.69) is 45.1 Å². The van der Waals surface area contributed by atoms with Crippen LogP contribution in [0.2, 0.25) is 0 Å². The first-order valence-electron chi connectivity index (χ1n) is 19.1. The van der Waals surface area contributed by atoms with E-state index < -0.39 is 30.9 Å². The Morgan fingerprint density at radius 2 is 1.21 bits per heavy atom. The van der Waals surface area contributed by atoms with Crippen LogP contribution in [0.15, 0.2) is 36.5 Å². The fraction of sp³-hybridized carbons (Fsp3) is 0.800. The second kappa shape index (κ2) is 33.9. The number of esters is 2. The summed E-state index contributed by atoms with van der Waals surface area (Å²) in [5.41, 5.74) is 0. The molecule has 0 aliphatic carbocycles. The van der Waals surface area contributed by atoms with E-state index in [-0.39, 0.29) is 25.4 Å². The third-order valence-corrected chi connectivity index (χ3v) is 8.68. The van der Waals surface area contributed by atoms with Crippen molar-refractivity contribution in [3.05, 3.63) is 36.5 Å². The van der Waals surface area contributed by atoms with Crippen LogP contribution in [0.4, 0.5) is 0 Å². The van der Waals surface area contributed by atoms with Crippen molar-refractivity contribution in [2.45, 2.75) is 187 Å². The van der Waals surface area contributed by atoms with E-state index in [0.717, 1.165) is 44.4 Å². The summed E-state index contributed by atoms with van der Waals surface area (Å²) in [5.74, 6) is -0.0163. The maximum absolute atomic E-state index is 12.2. The monoisotopic (exact) mass is 665 g/mol. The predicted molar refractivity (Wildman–Crippen MR) is 194 cm³/mol. The molecule has 3 N–H and O–H groups in total. The molecule has 0 aromatic carbocycles. The lowest BCUT2D eigenvalue weighted by atomic mass is 9.99. The Bertz CT molecular complexity index is 806. The number of ether oxygens (including phenoxy) is 2. The van der Waals surface area contributed by atoms with Crippen molar-refractivity contribution in [2.24, 2.45) is 5.92 Å². The first-order chi connectivity index (χ1) is 22.8. The van der Waals surface area contributed by atoms with Crippen LogP contribution in [0.3, 0.4) is 0 Å². The standard InChI is InChI=1S/C40H72O7/c1-4-6-7-8-9-10-11-12-16-19-22-25-29-37(42)38(43)30-27-32-39(44)46-34-36(33-41)47-40(45)31-26-23-20-17-14-13-15-18-21-24-28-35(3)5-2/h9-10,12,16,22,25,35-38,41-43H,4-8,11,13-15,17-21,23-24,26-34H2,1-3H3/b10-9-,16-12-,25-22-/t35?,36-,37?,38?/m0/s1. The summed E-state index contributed by atoms with van der Waals surface area (Å²) in [4.78, 5) is 24.3. The van der Waals surface area contributed by atoms with Gasteiger partial charge < -0.3 is 24.8 Å². The highest BCUT2D eigenvalue weighted by molar-refractivity contribution is 5.70. The Morgan fingerprint density at radius 1 is 0.638 bits per heavy atom. The number of rotatable bonds is 33. The first-order valence-corrected chi connectivity index (χ1v) is 19.1. The molecular weight excluding hydrogens is 592 g/mol. The van der Waals surface area contributed by atoms with E-state index >= 15 is 0 Å². The number of aliphatic hydroxyl groups is 3. The maximum atomic E-state index is 12.2. The molecule has 0 radical (unpaired) electrons. The quantitative estimate of drug-likeness (QED) is 0.0364. The summed E-state index contributed by atoms with van der Waals surface area (Å²) in [6.45, 7) is 6.20. The van der Waals surface area contributed by atoms with Gasteiger partial charge in [-0.3, -0.25) is 9.59 Å². The molecule has 0 aliphatic rings. The molecule has 0 saturated heterocycles. The summed E-state index contributed by atoms with van der Waals surface area (Å²) >= 11 is 0. The van der Waals surface area contributed by atoms with Gasteiger partial charge >= 0.3 is 11.9 Å². The average Bonchev–Trinajstić information content (AvgIpc) is 3.07. The lowest BCUT2D eigenvalue weighted by molar-refractivity contribution is -0.161. The Labute approximate surface area is 288 Å². The van der Waals surface area contributed by atoms with Crippen molar-refractivity contribution < 1.29 is 34.4 Å². The van der Waals surface area contributed by atoms with Crippen molar-refractivity contribution in [3.8, 4) is 0 Å². The van der Waals surface area contributed by atoms with Crippen LogP contribution in [0.5, 0.6) is 0 Å². The third kappa shape index (κ3) is 31.1. The molecule has 0 saturated carbocycles. The van der Waals surface area contributed by atoms with Gasteiger partial charge in [0.15, 0.2) is 6.10 Å². The van der Waals surface area contributed by atoms with Gasteiger partial charge in [-0.1, -0.05) is 141 Å². The first kappa shape index (κ1) is 45.0. The minimum Gasteiger partial charge on any atom is -0.462 e. The van der Waals surface area contributed by atoms with E-state index in [1.165, 1.54) is 77.0 Å². The number of aliphatic hydroxyl groups excluding tert-OH is 3. The zero-order valence-electron chi connectivity index (χ0n) is 30.4. The highest BCUT2D eigenvalue weighted by atomic mass is 16.6. The van der Waals surface area contributed by atoms with Crippen molar-refractivity contribution in [2.75, 3.05) is 13.2 Å². The van der Waals surface area contributed by atoms with E-state index in [9.17, 15) is 24.9 Å². The van der Waals surface area contributed by atoms with Crippen LogP contribution in [0.1, 0.15) is 168 Å². The summed E-state index contributed by atoms with van der Waals surface area (Å²) in [6, 6.07) is 0. The SMILES string of the molecule is CCCCC/C=C\C/C=C\C/C=C\CC(O)C(O)CCCC(=O)OC[C@H](CO)OC(=O)CCCCCCCCCCCCC(C)CC. The molecule has 47 heavy (non-hydrogen) atoms. The highest BCUT2D eigenvalue weighted by Crippen LogP contribution is 2.16. The number of carbonyl (C=O) groups is 2. The Morgan fingerprint density at radius 3 is 1.83 bits per heavy atom. The van der Waals surface area contributed by atoms with Gasteiger partial charge in [0.1, 0.15) is 6.61 Å².